The summed E-state index contributed by atoms with van der Waals surface area (Å²) in [7, 11) is 4.27. The molecule has 0 saturated carbocycles. The van der Waals surface area contributed by atoms with Crippen LogP contribution in [0.5, 0.6) is 0 Å². The van der Waals surface area contributed by atoms with Crippen molar-refractivity contribution in [2.45, 2.75) is 128 Å². The minimum atomic E-state index is -0.318. The van der Waals surface area contributed by atoms with E-state index in [0.717, 1.165) is 97.1 Å². The molecule has 3 atom stereocenters. The highest BCUT2D eigenvalue weighted by atomic mass is 16.3. The lowest BCUT2D eigenvalue weighted by Gasteiger charge is -2.35. The SMILES string of the molecule is CCCCC[C@H](O)C[C@H]1CC(=O)N(CCCCN2CCCN(C)[C@H](CCCCC)CC2=O)CCCN1C. The summed E-state index contributed by atoms with van der Waals surface area (Å²) in [6, 6.07) is 0.491. The van der Waals surface area contributed by atoms with Gasteiger partial charge in [0.15, 0.2) is 0 Å². The van der Waals surface area contributed by atoms with Gasteiger partial charge in [0.1, 0.15) is 0 Å². The zero-order chi connectivity index (χ0) is 27.0. The van der Waals surface area contributed by atoms with Crippen LogP contribution in [0.3, 0.4) is 0 Å². The van der Waals surface area contributed by atoms with Crippen LogP contribution in [0.2, 0.25) is 0 Å². The molecule has 2 aliphatic rings. The van der Waals surface area contributed by atoms with Crippen LogP contribution in [0.25, 0.3) is 0 Å². The van der Waals surface area contributed by atoms with Crippen LogP contribution >= 0.6 is 0 Å². The highest BCUT2D eigenvalue weighted by Crippen LogP contribution is 2.20. The van der Waals surface area contributed by atoms with Crippen molar-refractivity contribution in [1.82, 2.24) is 19.6 Å². The second-order valence-corrected chi connectivity index (χ2v) is 11.7. The maximum atomic E-state index is 13.1. The molecule has 2 saturated heterocycles. The molecular formula is C30H58N4O3. The molecule has 37 heavy (non-hydrogen) atoms. The fraction of sp³-hybridized carbons (Fsp3) is 0.933. The molecule has 2 heterocycles. The Morgan fingerprint density at radius 3 is 1.81 bits per heavy atom. The van der Waals surface area contributed by atoms with Gasteiger partial charge in [-0.05, 0) is 72.1 Å². The molecule has 0 unspecified atom stereocenters. The van der Waals surface area contributed by atoms with Gasteiger partial charge in [0.05, 0.1) is 6.10 Å². The molecule has 7 heteroatoms. The van der Waals surface area contributed by atoms with Gasteiger partial charge in [-0.3, -0.25) is 9.59 Å². The summed E-state index contributed by atoms with van der Waals surface area (Å²) in [5.74, 6) is 0.524. The van der Waals surface area contributed by atoms with E-state index in [2.05, 4.69) is 42.6 Å². The highest BCUT2D eigenvalue weighted by molar-refractivity contribution is 5.77. The zero-order valence-corrected chi connectivity index (χ0v) is 24.6. The third kappa shape index (κ3) is 12.0. The molecule has 7 nitrogen and oxygen atoms in total. The number of carbonyl (C=O) groups excluding carboxylic acids is 2. The molecular weight excluding hydrogens is 464 g/mol. The molecule has 2 fully saturated rings. The second-order valence-electron chi connectivity index (χ2n) is 11.7. The molecule has 0 aromatic heterocycles. The summed E-state index contributed by atoms with van der Waals surface area (Å²) in [4.78, 5) is 34.9. The van der Waals surface area contributed by atoms with E-state index < -0.39 is 0 Å². The Hall–Kier alpha value is -1.18. The number of hydrogen-bond acceptors (Lipinski definition) is 5. The number of aliphatic hydroxyl groups excluding tert-OH is 1. The standard InChI is InChI=1S/C30H58N4O3/c1-5-7-9-15-26-24-29(36)33(21-13-17-31(26)3)19-11-12-20-34-22-14-18-32(4)27(25-30(34)37)23-28(35)16-10-8-6-2/h26-28,35H,5-25H2,1-4H3/t26-,27+,28+/m1/s1. The molecule has 0 aromatic carbocycles. The van der Waals surface area contributed by atoms with Crippen molar-refractivity contribution in [2.24, 2.45) is 0 Å². The average Bonchev–Trinajstić information content (AvgIpc) is 2.86. The summed E-state index contributed by atoms with van der Waals surface area (Å²) in [5, 5.41) is 10.5. The van der Waals surface area contributed by atoms with Gasteiger partial charge in [0, 0.05) is 51.1 Å². The van der Waals surface area contributed by atoms with Gasteiger partial charge in [-0.25, -0.2) is 0 Å². The van der Waals surface area contributed by atoms with Crippen molar-refractivity contribution in [3.63, 3.8) is 0 Å². The van der Waals surface area contributed by atoms with E-state index >= 15 is 0 Å². The van der Waals surface area contributed by atoms with Gasteiger partial charge < -0.3 is 24.7 Å². The van der Waals surface area contributed by atoms with Crippen molar-refractivity contribution < 1.29 is 14.7 Å². The quantitative estimate of drug-likeness (QED) is 0.320. The van der Waals surface area contributed by atoms with Crippen LogP contribution in [0.15, 0.2) is 0 Å². The first-order valence-corrected chi connectivity index (χ1v) is 15.5. The van der Waals surface area contributed by atoms with Crippen LogP contribution in [0.1, 0.15) is 110 Å². The van der Waals surface area contributed by atoms with E-state index in [0.29, 0.717) is 31.2 Å². The van der Waals surface area contributed by atoms with E-state index in [1.807, 2.05) is 4.90 Å². The Kier molecular flexibility index (Phi) is 15.7. The van der Waals surface area contributed by atoms with Crippen LogP contribution in [-0.2, 0) is 9.59 Å². The predicted molar refractivity (Wildman–Crippen MR) is 153 cm³/mol. The minimum Gasteiger partial charge on any atom is -0.393 e. The fourth-order valence-corrected chi connectivity index (χ4v) is 5.97. The molecule has 216 valence electrons. The van der Waals surface area contributed by atoms with Gasteiger partial charge >= 0.3 is 0 Å². The third-order valence-electron chi connectivity index (χ3n) is 8.58. The molecule has 0 bridgehead atoms. The van der Waals surface area contributed by atoms with Gasteiger partial charge in [-0.1, -0.05) is 52.4 Å². The summed E-state index contributed by atoms with van der Waals surface area (Å²) in [6.45, 7) is 9.68. The predicted octanol–water partition coefficient (Wildman–Crippen LogP) is 4.52. The third-order valence-corrected chi connectivity index (χ3v) is 8.58. The molecule has 1 N–H and O–H groups in total. The first kappa shape index (κ1) is 32.0. The number of aliphatic hydroxyl groups is 1. The van der Waals surface area contributed by atoms with Crippen LogP contribution in [-0.4, -0.2) is 108 Å². The largest absolute Gasteiger partial charge is 0.393 e. The van der Waals surface area contributed by atoms with Crippen molar-refractivity contribution in [3.05, 3.63) is 0 Å². The number of nitrogens with zero attached hydrogens (tertiary/aromatic N) is 4. The number of amides is 2. The van der Waals surface area contributed by atoms with Crippen LogP contribution in [0, 0.1) is 0 Å². The molecule has 0 aromatic rings. The highest BCUT2D eigenvalue weighted by Gasteiger charge is 2.27. The lowest BCUT2D eigenvalue weighted by atomic mass is 9.98. The van der Waals surface area contributed by atoms with Gasteiger partial charge in [-0.2, -0.15) is 0 Å². The minimum absolute atomic E-state index is 0.119. The van der Waals surface area contributed by atoms with E-state index in [1.165, 1.54) is 19.3 Å². The van der Waals surface area contributed by atoms with Gasteiger partial charge in [-0.15, -0.1) is 0 Å². The fourth-order valence-electron chi connectivity index (χ4n) is 5.97. The Morgan fingerprint density at radius 2 is 1.24 bits per heavy atom. The monoisotopic (exact) mass is 522 g/mol. The molecule has 2 rings (SSSR count). The lowest BCUT2D eigenvalue weighted by molar-refractivity contribution is -0.135. The molecule has 2 aliphatic heterocycles. The van der Waals surface area contributed by atoms with Crippen LogP contribution < -0.4 is 0 Å². The molecule has 2 amide bonds. The Balaban J connectivity index is 1.77. The maximum Gasteiger partial charge on any atom is 0.224 e. The van der Waals surface area contributed by atoms with Crippen LogP contribution in [0.4, 0.5) is 0 Å². The second kappa shape index (κ2) is 18.2. The maximum absolute atomic E-state index is 13.1. The lowest BCUT2D eigenvalue weighted by Crippen LogP contribution is -2.46. The number of hydrogen-bond donors (Lipinski definition) is 1. The van der Waals surface area contributed by atoms with E-state index in [9.17, 15) is 14.7 Å². The number of carbonyl (C=O) groups is 2. The van der Waals surface area contributed by atoms with E-state index in [1.54, 1.807) is 0 Å². The molecule has 0 radical (unpaired) electrons. The smallest absolute Gasteiger partial charge is 0.224 e. The van der Waals surface area contributed by atoms with E-state index in [-0.39, 0.29) is 18.1 Å². The molecule has 0 spiro atoms. The first-order valence-electron chi connectivity index (χ1n) is 15.5. The summed E-state index contributed by atoms with van der Waals surface area (Å²) in [6.07, 6.45) is 14.4. The summed E-state index contributed by atoms with van der Waals surface area (Å²) >= 11 is 0. The average molecular weight is 523 g/mol. The Bertz CT molecular complexity index is 646. The van der Waals surface area contributed by atoms with Gasteiger partial charge in [0.2, 0.25) is 11.8 Å². The molecule has 0 aliphatic carbocycles. The Labute approximate surface area is 227 Å². The van der Waals surface area contributed by atoms with Crippen molar-refractivity contribution in [1.29, 1.82) is 0 Å². The number of rotatable bonds is 15. The van der Waals surface area contributed by atoms with Gasteiger partial charge in [0.25, 0.3) is 0 Å². The Morgan fingerprint density at radius 1 is 0.730 bits per heavy atom. The number of unbranched alkanes of at least 4 members (excludes halogenated alkanes) is 5. The van der Waals surface area contributed by atoms with Crippen molar-refractivity contribution in [3.8, 4) is 0 Å². The van der Waals surface area contributed by atoms with Crippen molar-refractivity contribution >= 4 is 11.8 Å². The van der Waals surface area contributed by atoms with Crippen molar-refractivity contribution in [2.75, 3.05) is 53.4 Å². The zero-order valence-electron chi connectivity index (χ0n) is 24.6. The summed E-state index contributed by atoms with van der Waals surface area (Å²) < 4.78 is 0. The summed E-state index contributed by atoms with van der Waals surface area (Å²) in [5.41, 5.74) is 0. The first-order chi connectivity index (χ1) is 17.8. The van der Waals surface area contributed by atoms with E-state index in [4.69, 9.17) is 0 Å². The normalized spacial score (nSPS) is 24.0. The topological polar surface area (TPSA) is 67.3 Å².